The van der Waals surface area contributed by atoms with Gasteiger partial charge in [0.2, 0.25) is 5.91 Å². The second kappa shape index (κ2) is 11.1. The number of allylic oxidation sites excluding steroid dienone is 1. The second-order valence-electron chi connectivity index (χ2n) is 6.86. The molecule has 0 aliphatic heterocycles. The van der Waals surface area contributed by atoms with Crippen LogP contribution in [0.4, 0.5) is 5.69 Å². The minimum absolute atomic E-state index is 0.155. The van der Waals surface area contributed by atoms with Crippen LogP contribution in [-0.2, 0) is 17.9 Å². The lowest BCUT2D eigenvalue weighted by Crippen LogP contribution is -2.25. The molecule has 2 aromatic carbocycles. The zero-order valence-corrected chi connectivity index (χ0v) is 18.8. The number of carbonyl (C=O) groups excluding carboxylic acids is 2. The summed E-state index contributed by atoms with van der Waals surface area (Å²) in [6.45, 7) is 6.34. The molecule has 1 aromatic heterocycles. The summed E-state index contributed by atoms with van der Waals surface area (Å²) in [5.41, 5.74) is 2.17. The molecule has 9 heteroatoms. The first-order valence-electron chi connectivity index (χ1n) is 9.95. The second-order valence-corrected chi connectivity index (χ2v) is 7.81. The van der Waals surface area contributed by atoms with Crippen LogP contribution in [-0.4, -0.2) is 39.4 Å². The van der Waals surface area contributed by atoms with Crippen LogP contribution in [0.15, 0.2) is 66.3 Å². The van der Waals surface area contributed by atoms with Gasteiger partial charge in [-0.1, -0.05) is 42.1 Å². The molecule has 0 spiro atoms. The summed E-state index contributed by atoms with van der Waals surface area (Å²) in [7, 11) is 1.57. The monoisotopic (exact) mass is 451 g/mol. The van der Waals surface area contributed by atoms with Crippen LogP contribution < -0.4 is 15.4 Å². The van der Waals surface area contributed by atoms with E-state index in [0.717, 1.165) is 5.56 Å². The largest absolute Gasteiger partial charge is 0.497 e. The Kier molecular flexibility index (Phi) is 8.04. The quantitative estimate of drug-likeness (QED) is 0.362. The van der Waals surface area contributed by atoms with E-state index >= 15 is 0 Å². The summed E-state index contributed by atoms with van der Waals surface area (Å²) >= 11 is 1.26. The number of anilines is 1. The lowest BCUT2D eigenvalue weighted by molar-refractivity contribution is -0.113. The average molecular weight is 452 g/mol. The summed E-state index contributed by atoms with van der Waals surface area (Å²) in [5.74, 6) is 1.05. The van der Waals surface area contributed by atoms with Gasteiger partial charge in [0.05, 0.1) is 19.4 Å². The number of thioether (sulfide) groups is 1. The van der Waals surface area contributed by atoms with Crippen molar-refractivity contribution in [2.75, 3.05) is 18.2 Å². The Labute approximate surface area is 191 Å². The zero-order chi connectivity index (χ0) is 22.9. The number of aryl methyl sites for hydroxylation is 1. The van der Waals surface area contributed by atoms with E-state index in [0.29, 0.717) is 34.5 Å². The van der Waals surface area contributed by atoms with Gasteiger partial charge >= 0.3 is 0 Å². The van der Waals surface area contributed by atoms with Crippen molar-refractivity contribution in [3.63, 3.8) is 0 Å². The number of aromatic nitrogens is 3. The van der Waals surface area contributed by atoms with E-state index in [1.807, 2.05) is 35.8 Å². The highest BCUT2D eigenvalue weighted by atomic mass is 32.2. The van der Waals surface area contributed by atoms with Gasteiger partial charge in [-0.15, -0.1) is 16.8 Å². The number of nitrogens with one attached hydrogen (secondary N) is 2. The van der Waals surface area contributed by atoms with Gasteiger partial charge in [0.1, 0.15) is 5.75 Å². The summed E-state index contributed by atoms with van der Waals surface area (Å²) in [5, 5.41) is 14.7. The van der Waals surface area contributed by atoms with Gasteiger partial charge in [-0.25, -0.2) is 0 Å². The summed E-state index contributed by atoms with van der Waals surface area (Å²) in [4.78, 5) is 24.9. The number of benzene rings is 2. The van der Waals surface area contributed by atoms with Crippen molar-refractivity contribution in [2.24, 2.45) is 0 Å². The van der Waals surface area contributed by atoms with Crippen molar-refractivity contribution in [3.05, 3.63) is 78.1 Å². The molecule has 0 fully saturated rings. The molecule has 2 amide bonds. The SMILES string of the molecule is C=CCn1c(CNC(=O)c2ccccc2C)nnc1SCC(=O)Nc1cccc(OC)c1. The molecule has 0 bridgehead atoms. The molecule has 32 heavy (non-hydrogen) atoms. The third-order valence-electron chi connectivity index (χ3n) is 4.59. The molecule has 2 N–H and O–H groups in total. The van der Waals surface area contributed by atoms with Crippen LogP contribution in [0.2, 0.25) is 0 Å². The smallest absolute Gasteiger partial charge is 0.251 e. The van der Waals surface area contributed by atoms with E-state index < -0.39 is 0 Å². The maximum absolute atomic E-state index is 12.5. The molecule has 8 nitrogen and oxygen atoms in total. The highest BCUT2D eigenvalue weighted by Gasteiger charge is 2.15. The fourth-order valence-corrected chi connectivity index (χ4v) is 3.75. The number of carbonyl (C=O) groups is 2. The number of amides is 2. The van der Waals surface area contributed by atoms with Gasteiger partial charge in [-0.3, -0.25) is 9.59 Å². The molecule has 0 unspecified atom stereocenters. The first-order valence-corrected chi connectivity index (χ1v) is 10.9. The molecule has 0 radical (unpaired) electrons. The molecule has 0 aliphatic carbocycles. The molecule has 166 valence electrons. The van der Waals surface area contributed by atoms with Crippen LogP contribution in [0.3, 0.4) is 0 Å². The average Bonchev–Trinajstić information content (AvgIpc) is 3.18. The number of rotatable bonds is 10. The van der Waals surface area contributed by atoms with Crippen LogP contribution in [0.5, 0.6) is 5.75 Å². The van der Waals surface area contributed by atoms with E-state index in [-0.39, 0.29) is 24.1 Å². The van der Waals surface area contributed by atoms with Crippen LogP contribution in [0.25, 0.3) is 0 Å². The van der Waals surface area contributed by atoms with Gasteiger partial charge < -0.3 is 19.9 Å². The predicted molar refractivity (Wildman–Crippen MR) is 125 cm³/mol. The van der Waals surface area contributed by atoms with E-state index in [1.165, 1.54) is 11.8 Å². The van der Waals surface area contributed by atoms with Crippen molar-refractivity contribution in [1.82, 2.24) is 20.1 Å². The minimum Gasteiger partial charge on any atom is -0.497 e. The Balaban J connectivity index is 1.61. The first kappa shape index (κ1) is 23.1. The fraction of sp³-hybridized carbons (Fsp3) is 0.217. The number of methoxy groups -OCH3 is 1. The maximum atomic E-state index is 12.5. The zero-order valence-electron chi connectivity index (χ0n) is 18.0. The molecule has 0 aliphatic rings. The molecular formula is C23H25N5O3S. The molecule has 0 saturated carbocycles. The molecule has 0 saturated heterocycles. The maximum Gasteiger partial charge on any atom is 0.251 e. The van der Waals surface area contributed by atoms with Gasteiger partial charge in [-0.2, -0.15) is 0 Å². The number of nitrogens with zero attached hydrogens (tertiary/aromatic N) is 3. The lowest BCUT2D eigenvalue weighted by Gasteiger charge is -2.10. The Morgan fingerprint density at radius 2 is 2.00 bits per heavy atom. The van der Waals surface area contributed by atoms with Gasteiger partial charge in [0.15, 0.2) is 11.0 Å². The van der Waals surface area contributed by atoms with Crippen molar-refractivity contribution in [3.8, 4) is 5.75 Å². The van der Waals surface area contributed by atoms with Crippen LogP contribution >= 0.6 is 11.8 Å². The van der Waals surface area contributed by atoms with E-state index in [2.05, 4.69) is 27.4 Å². The van der Waals surface area contributed by atoms with Crippen LogP contribution in [0, 0.1) is 6.92 Å². The summed E-state index contributed by atoms with van der Waals surface area (Å²) < 4.78 is 7.00. The highest BCUT2D eigenvalue weighted by Crippen LogP contribution is 2.20. The molecule has 3 rings (SSSR count). The Morgan fingerprint density at radius 1 is 1.19 bits per heavy atom. The third kappa shape index (κ3) is 5.98. The standard InChI is InChI=1S/C23H25N5O3S/c1-4-12-28-20(14-24-22(30)19-11-6-5-8-16(19)2)26-27-23(28)32-15-21(29)25-17-9-7-10-18(13-17)31-3/h4-11,13H,1,12,14-15H2,2-3H3,(H,24,30)(H,25,29). The van der Waals surface area contributed by atoms with E-state index in [4.69, 9.17) is 4.74 Å². The Hall–Kier alpha value is -3.59. The highest BCUT2D eigenvalue weighted by molar-refractivity contribution is 7.99. The van der Waals surface area contributed by atoms with Crippen molar-refractivity contribution < 1.29 is 14.3 Å². The predicted octanol–water partition coefficient (Wildman–Crippen LogP) is 3.44. The fourth-order valence-electron chi connectivity index (χ4n) is 2.98. The lowest BCUT2D eigenvalue weighted by atomic mass is 10.1. The normalized spacial score (nSPS) is 10.4. The van der Waals surface area contributed by atoms with Gasteiger partial charge in [0, 0.05) is 23.9 Å². The number of hydrogen-bond donors (Lipinski definition) is 2. The number of ether oxygens (including phenoxy) is 1. The first-order chi connectivity index (χ1) is 15.5. The van der Waals surface area contributed by atoms with Gasteiger partial charge in [0.25, 0.3) is 5.91 Å². The molecule has 1 heterocycles. The van der Waals surface area contributed by atoms with Crippen molar-refractivity contribution >= 4 is 29.3 Å². The Bertz CT molecular complexity index is 1110. The van der Waals surface area contributed by atoms with E-state index in [9.17, 15) is 9.59 Å². The van der Waals surface area contributed by atoms with Crippen molar-refractivity contribution in [1.29, 1.82) is 0 Å². The topological polar surface area (TPSA) is 98.1 Å². The molecular weight excluding hydrogens is 426 g/mol. The summed E-state index contributed by atoms with van der Waals surface area (Å²) in [6.07, 6.45) is 1.72. The van der Waals surface area contributed by atoms with Crippen molar-refractivity contribution in [2.45, 2.75) is 25.2 Å². The molecule has 0 atom stereocenters. The van der Waals surface area contributed by atoms with Crippen LogP contribution in [0.1, 0.15) is 21.7 Å². The minimum atomic E-state index is -0.178. The van der Waals surface area contributed by atoms with Gasteiger partial charge in [-0.05, 0) is 30.7 Å². The molecule has 3 aromatic rings. The van der Waals surface area contributed by atoms with E-state index in [1.54, 1.807) is 37.5 Å². The number of hydrogen-bond acceptors (Lipinski definition) is 6. The Morgan fingerprint density at radius 3 is 2.75 bits per heavy atom. The summed E-state index contributed by atoms with van der Waals surface area (Å²) in [6, 6.07) is 14.5. The third-order valence-corrected chi connectivity index (χ3v) is 5.55.